The lowest BCUT2D eigenvalue weighted by atomic mass is 10.2. The molecule has 0 aromatic heterocycles. The fourth-order valence-electron chi connectivity index (χ4n) is 1.02. The number of carbonyl (C=O) groups is 1. The molecule has 0 fully saturated rings. The number of benzene rings is 1. The van der Waals surface area contributed by atoms with Crippen molar-refractivity contribution in [1.82, 2.24) is 0 Å². The Bertz CT molecular complexity index is 361. The second-order valence-corrected chi connectivity index (χ2v) is 3.65. The number of carboxylic acid groups (broad SMARTS) is 1. The Labute approximate surface area is 87.5 Å². The third kappa shape index (κ3) is 3.23. The Balaban J connectivity index is 2.83. The van der Waals surface area contributed by atoms with Crippen molar-refractivity contribution in [3.8, 4) is 5.75 Å². The normalized spacial score (nSPS) is 10.4. The molecule has 1 aromatic rings. The fourth-order valence-corrected chi connectivity index (χ4v) is 1.02. The summed E-state index contributed by atoms with van der Waals surface area (Å²) in [6.45, 7) is 4.42. The molecule has 0 heterocycles. The SMILES string of the molecule is CC(C)COc1ccc(F)c(C(=O)O)c1. The van der Waals surface area contributed by atoms with Gasteiger partial charge in [0.05, 0.1) is 12.2 Å². The Morgan fingerprint density at radius 2 is 2.20 bits per heavy atom. The zero-order valence-corrected chi connectivity index (χ0v) is 8.66. The van der Waals surface area contributed by atoms with Crippen LogP contribution in [-0.4, -0.2) is 17.7 Å². The average molecular weight is 212 g/mol. The summed E-state index contributed by atoms with van der Waals surface area (Å²) in [7, 11) is 0. The molecule has 4 heteroatoms. The second-order valence-electron chi connectivity index (χ2n) is 3.65. The Morgan fingerprint density at radius 1 is 1.53 bits per heavy atom. The highest BCUT2D eigenvalue weighted by Gasteiger charge is 2.11. The lowest BCUT2D eigenvalue weighted by molar-refractivity contribution is 0.0691. The standard InChI is InChI=1S/C11H13FO3/c1-7(2)6-15-8-3-4-10(12)9(5-8)11(13)14/h3-5,7H,6H2,1-2H3,(H,13,14). The van der Waals surface area contributed by atoms with Gasteiger partial charge < -0.3 is 9.84 Å². The van der Waals surface area contributed by atoms with Crippen LogP contribution in [0.3, 0.4) is 0 Å². The summed E-state index contributed by atoms with van der Waals surface area (Å²) in [6, 6.07) is 3.71. The molecule has 0 aliphatic rings. The van der Waals surface area contributed by atoms with E-state index < -0.39 is 11.8 Å². The predicted octanol–water partition coefficient (Wildman–Crippen LogP) is 2.56. The van der Waals surface area contributed by atoms with E-state index in [9.17, 15) is 9.18 Å². The van der Waals surface area contributed by atoms with E-state index in [1.807, 2.05) is 13.8 Å². The minimum absolute atomic E-state index is 0.336. The van der Waals surface area contributed by atoms with Gasteiger partial charge in [-0.05, 0) is 24.1 Å². The average Bonchev–Trinajstić information content (AvgIpc) is 2.16. The first-order valence-electron chi connectivity index (χ1n) is 4.66. The maximum Gasteiger partial charge on any atom is 0.338 e. The highest BCUT2D eigenvalue weighted by molar-refractivity contribution is 5.88. The van der Waals surface area contributed by atoms with E-state index in [0.29, 0.717) is 18.3 Å². The first-order chi connectivity index (χ1) is 7.00. The van der Waals surface area contributed by atoms with Crippen LogP contribution in [0.25, 0.3) is 0 Å². The minimum atomic E-state index is -1.29. The van der Waals surface area contributed by atoms with Gasteiger partial charge in [-0.25, -0.2) is 9.18 Å². The summed E-state index contributed by atoms with van der Waals surface area (Å²) >= 11 is 0. The van der Waals surface area contributed by atoms with Crippen molar-refractivity contribution >= 4 is 5.97 Å². The Kier molecular flexibility index (Phi) is 3.66. The van der Waals surface area contributed by atoms with E-state index in [-0.39, 0.29) is 5.56 Å². The van der Waals surface area contributed by atoms with Gasteiger partial charge >= 0.3 is 5.97 Å². The van der Waals surface area contributed by atoms with Crippen LogP contribution in [0.4, 0.5) is 4.39 Å². The molecule has 0 aliphatic carbocycles. The molecule has 1 N–H and O–H groups in total. The topological polar surface area (TPSA) is 46.5 Å². The van der Waals surface area contributed by atoms with E-state index in [0.717, 1.165) is 6.07 Å². The largest absolute Gasteiger partial charge is 0.493 e. The molecule has 1 rings (SSSR count). The van der Waals surface area contributed by atoms with Crippen LogP contribution in [0, 0.1) is 11.7 Å². The molecular formula is C11H13FO3. The molecule has 1 aromatic carbocycles. The van der Waals surface area contributed by atoms with E-state index >= 15 is 0 Å². The lowest BCUT2D eigenvalue weighted by Gasteiger charge is -2.09. The Morgan fingerprint density at radius 3 is 2.73 bits per heavy atom. The second kappa shape index (κ2) is 4.77. The molecule has 0 amide bonds. The van der Waals surface area contributed by atoms with Gasteiger partial charge in [-0.1, -0.05) is 13.8 Å². The zero-order valence-electron chi connectivity index (χ0n) is 8.66. The van der Waals surface area contributed by atoms with E-state index in [1.165, 1.54) is 12.1 Å². The van der Waals surface area contributed by atoms with Crippen LogP contribution in [0.2, 0.25) is 0 Å². The third-order valence-electron chi connectivity index (χ3n) is 1.75. The highest BCUT2D eigenvalue weighted by Crippen LogP contribution is 2.17. The number of hydrogen-bond donors (Lipinski definition) is 1. The summed E-state index contributed by atoms with van der Waals surface area (Å²) < 4.78 is 18.3. The van der Waals surface area contributed by atoms with Crippen molar-refractivity contribution in [2.75, 3.05) is 6.61 Å². The Hall–Kier alpha value is -1.58. The molecule has 0 saturated carbocycles. The van der Waals surface area contributed by atoms with Crippen LogP contribution >= 0.6 is 0 Å². The fraction of sp³-hybridized carbons (Fsp3) is 0.364. The number of hydrogen-bond acceptors (Lipinski definition) is 2. The van der Waals surface area contributed by atoms with Crippen molar-refractivity contribution < 1.29 is 19.0 Å². The van der Waals surface area contributed by atoms with Crippen molar-refractivity contribution in [2.45, 2.75) is 13.8 Å². The molecule has 0 saturated heterocycles. The van der Waals surface area contributed by atoms with Crippen LogP contribution in [0.1, 0.15) is 24.2 Å². The summed E-state index contributed by atoms with van der Waals surface area (Å²) in [5.41, 5.74) is -0.365. The quantitative estimate of drug-likeness (QED) is 0.834. The zero-order chi connectivity index (χ0) is 11.4. The van der Waals surface area contributed by atoms with Gasteiger partial charge in [0.1, 0.15) is 11.6 Å². The maximum absolute atomic E-state index is 13.0. The molecule has 0 unspecified atom stereocenters. The van der Waals surface area contributed by atoms with E-state index in [2.05, 4.69) is 0 Å². The predicted molar refractivity (Wildman–Crippen MR) is 53.7 cm³/mol. The highest BCUT2D eigenvalue weighted by atomic mass is 19.1. The number of carboxylic acids is 1. The maximum atomic E-state index is 13.0. The van der Waals surface area contributed by atoms with E-state index in [1.54, 1.807) is 0 Å². The van der Waals surface area contributed by atoms with Crippen LogP contribution < -0.4 is 4.74 Å². The third-order valence-corrected chi connectivity index (χ3v) is 1.75. The first-order valence-corrected chi connectivity index (χ1v) is 4.66. The van der Waals surface area contributed by atoms with Gasteiger partial charge in [-0.2, -0.15) is 0 Å². The van der Waals surface area contributed by atoms with Crippen molar-refractivity contribution in [3.05, 3.63) is 29.6 Å². The van der Waals surface area contributed by atoms with Crippen molar-refractivity contribution in [3.63, 3.8) is 0 Å². The van der Waals surface area contributed by atoms with E-state index in [4.69, 9.17) is 9.84 Å². The summed E-state index contributed by atoms with van der Waals surface area (Å²) in [5.74, 6) is -1.33. The van der Waals surface area contributed by atoms with Gasteiger partial charge in [-0.3, -0.25) is 0 Å². The molecule has 0 aliphatic heterocycles. The first kappa shape index (κ1) is 11.5. The van der Waals surface area contributed by atoms with Crippen LogP contribution in [0.5, 0.6) is 5.75 Å². The number of aromatic carboxylic acids is 1. The molecule has 15 heavy (non-hydrogen) atoms. The summed E-state index contributed by atoms with van der Waals surface area (Å²) in [6.07, 6.45) is 0. The van der Waals surface area contributed by atoms with Gasteiger partial charge in [0.25, 0.3) is 0 Å². The van der Waals surface area contributed by atoms with Crippen LogP contribution in [0.15, 0.2) is 18.2 Å². The molecule has 0 bridgehead atoms. The monoisotopic (exact) mass is 212 g/mol. The summed E-state index contributed by atoms with van der Waals surface area (Å²) in [5, 5.41) is 8.67. The van der Waals surface area contributed by atoms with Gasteiger partial charge in [0.2, 0.25) is 0 Å². The molecule has 0 atom stereocenters. The molecule has 0 spiro atoms. The number of rotatable bonds is 4. The van der Waals surface area contributed by atoms with Gasteiger partial charge in [0, 0.05) is 0 Å². The molecule has 3 nitrogen and oxygen atoms in total. The number of ether oxygens (including phenoxy) is 1. The smallest absolute Gasteiger partial charge is 0.338 e. The lowest BCUT2D eigenvalue weighted by Crippen LogP contribution is -2.06. The summed E-state index contributed by atoms with van der Waals surface area (Å²) in [4.78, 5) is 10.6. The van der Waals surface area contributed by atoms with Crippen LogP contribution in [-0.2, 0) is 0 Å². The van der Waals surface area contributed by atoms with Gasteiger partial charge in [0.15, 0.2) is 0 Å². The molecule has 82 valence electrons. The van der Waals surface area contributed by atoms with Crippen molar-refractivity contribution in [2.24, 2.45) is 5.92 Å². The molecule has 0 radical (unpaired) electrons. The number of halogens is 1. The van der Waals surface area contributed by atoms with Gasteiger partial charge in [-0.15, -0.1) is 0 Å². The molecular weight excluding hydrogens is 199 g/mol. The minimum Gasteiger partial charge on any atom is -0.493 e. The van der Waals surface area contributed by atoms with Crippen molar-refractivity contribution in [1.29, 1.82) is 0 Å².